The minimum atomic E-state index is -4.57. The molecule has 0 aliphatic heterocycles. The zero-order valence-electron chi connectivity index (χ0n) is 10.9. The number of hydrogen-bond acceptors (Lipinski definition) is 6. The van der Waals surface area contributed by atoms with E-state index in [1.165, 1.54) is 16.8 Å². The van der Waals surface area contributed by atoms with Gasteiger partial charge in [-0.2, -0.15) is 8.78 Å². The van der Waals surface area contributed by atoms with Gasteiger partial charge < -0.3 is 5.84 Å². The predicted octanol–water partition coefficient (Wildman–Crippen LogP) is 1.70. The lowest BCUT2D eigenvalue weighted by atomic mass is 10.4. The molecule has 1 aromatic carbocycles. The number of aryl methyl sites for hydroxylation is 1. The van der Waals surface area contributed by atoms with E-state index in [1.807, 2.05) is 6.92 Å². The van der Waals surface area contributed by atoms with Gasteiger partial charge >= 0.3 is 5.76 Å². The molecule has 0 aliphatic carbocycles. The van der Waals surface area contributed by atoms with Crippen molar-refractivity contribution in [3.05, 3.63) is 30.1 Å². The zero-order valence-corrected chi connectivity index (χ0v) is 12.5. The van der Waals surface area contributed by atoms with E-state index >= 15 is 0 Å². The SMILES string of the molecule is CCc1nnc(Sc2ccc(S(=O)(=O)C(F)F)cc2)n1N. The van der Waals surface area contributed by atoms with Crippen LogP contribution in [0.4, 0.5) is 8.78 Å². The highest BCUT2D eigenvalue weighted by Gasteiger charge is 2.26. The highest BCUT2D eigenvalue weighted by Crippen LogP contribution is 2.27. The van der Waals surface area contributed by atoms with Gasteiger partial charge in [0.05, 0.1) is 4.90 Å². The molecule has 114 valence electrons. The standard InChI is InChI=1S/C11H12F2N4O2S2/c1-2-9-15-16-11(17(9)14)20-7-3-5-8(6-4-7)21(18,19)10(12)13/h3-6,10H,2,14H2,1H3. The summed E-state index contributed by atoms with van der Waals surface area (Å²) in [5, 5.41) is 8.20. The van der Waals surface area contributed by atoms with Gasteiger partial charge in [-0.15, -0.1) is 10.2 Å². The number of rotatable bonds is 5. The van der Waals surface area contributed by atoms with Crippen LogP contribution in [0.1, 0.15) is 12.7 Å². The van der Waals surface area contributed by atoms with Gasteiger partial charge in [0.25, 0.3) is 0 Å². The summed E-state index contributed by atoms with van der Waals surface area (Å²) in [6.07, 6.45) is 0.621. The first-order chi connectivity index (χ1) is 9.86. The lowest BCUT2D eigenvalue weighted by Gasteiger charge is -2.05. The molecule has 1 heterocycles. The minimum Gasteiger partial charge on any atom is -0.336 e. The topological polar surface area (TPSA) is 90.9 Å². The second-order valence-corrected chi connectivity index (χ2v) is 6.96. The van der Waals surface area contributed by atoms with E-state index in [1.54, 1.807) is 0 Å². The van der Waals surface area contributed by atoms with Gasteiger partial charge in [0, 0.05) is 11.3 Å². The second kappa shape index (κ2) is 5.98. The van der Waals surface area contributed by atoms with Gasteiger partial charge in [0.1, 0.15) is 0 Å². The normalized spacial score (nSPS) is 12.0. The van der Waals surface area contributed by atoms with Crippen molar-refractivity contribution >= 4 is 21.6 Å². The monoisotopic (exact) mass is 334 g/mol. The Morgan fingerprint density at radius 3 is 2.38 bits per heavy atom. The van der Waals surface area contributed by atoms with Crippen LogP contribution >= 0.6 is 11.8 Å². The molecule has 1 aromatic heterocycles. The van der Waals surface area contributed by atoms with Crippen molar-refractivity contribution in [1.29, 1.82) is 0 Å². The fourth-order valence-electron chi connectivity index (χ4n) is 1.52. The van der Waals surface area contributed by atoms with Gasteiger partial charge in [0.2, 0.25) is 15.0 Å². The van der Waals surface area contributed by atoms with Gasteiger partial charge in [-0.05, 0) is 36.0 Å². The summed E-state index contributed by atoms with van der Waals surface area (Å²) >= 11 is 1.16. The smallest absolute Gasteiger partial charge is 0.336 e. The van der Waals surface area contributed by atoms with E-state index in [-0.39, 0.29) is 0 Å². The van der Waals surface area contributed by atoms with Crippen LogP contribution in [0.15, 0.2) is 39.2 Å². The third-order valence-corrected chi connectivity index (χ3v) is 5.01. The first-order valence-electron chi connectivity index (χ1n) is 5.85. The van der Waals surface area contributed by atoms with Crippen molar-refractivity contribution in [3.8, 4) is 0 Å². The first kappa shape index (κ1) is 15.7. The number of nitrogens with two attached hydrogens (primary N) is 1. The number of sulfone groups is 1. The van der Waals surface area contributed by atoms with Crippen molar-refractivity contribution in [2.75, 3.05) is 5.84 Å². The summed E-state index contributed by atoms with van der Waals surface area (Å²) in [6.45, 7) is 1.88. The molecule has 0 saturated heterocycles. The van der Waals surface area contributed by atoms with Crippen LogP contribution < -0.4 is 5.84 Å². The van der Waals surface area contributed by atoms with Crippen molar-refractivity contribution in [3.63, 3.8) is 0 Å². The number of aromatic nitrogens is 3. The molecule has 2 N–H and O–H groups in total. The molecule has 2 rings (SSSR count). The number of nitrogen functional groups attached to an aromatic ring is 1. The first-order valence-corrected chi connectivity index (χ1v) is 8.22. The Labute approximate surface area is 124 Å². The Morgan fingerprint density at radius 2 is 1.90 bits per heavy atom. The second-order valence-electron chi connectivity index (χ2n) is 4.00. The molecule has 0 fully saturated rings. The molecule has 0 spiro atoms. The van der Waals surface area contributed by atoms with Crippen molar-refractivity contribution < 1.29 is 17.2 Å². The Hall–Kier alpha value is -1.68. The fourth-order valence-corrected chi connectivity index (χ4v) is 3.01. The van der Waals surface area contributed by atoms with Gasteiger partial charge in [0.15, 0.2) is 5.82 Å². The van der Waals surface area contributed by atoms with Crippen LogP contribution in [0, 0.1) is 0 Å². The van der Waals surface area contributed by atoms with Crippen LogP contribution in [0.2, 0.25) is 0 Å². The van der Waals surface area contributed by atoms with Crippen LogP contribution in [0.25, 0.3) is 0 Å². The summed E-state index contributed by atoms with van der Waals surface area (Å²) in [7, 11) is -4.57. The average Bonchev–Trinajstić information content (AvgIpc) is 2.80. The van der Waals surface area contributed by atoms with E-state index in [0.717, 1.165) is 23.9 Å². The zero-order chi connectivity index (χ0) is 15.6. The van der Waals surface area contributed by atoms with Crippen LogP contribution in [-0.4, -0.2) is 29.0 Å². The van der Waals surface area contributed by atoms with Gasteiger partial charge in [-0.3, -0.25) is 0 Å². The van der Waals surface area contributed by atoms with Crippen LogP contribution in [0.5, 0.6) is 0 Å². The minimum absolute atomic E-state index is 0.426. The van der Waals surface area contributed by atoms with Crippen molar-refractivity contribution in [2.24, 2.45) is 0 Å². The molecule has 0 amide bonds. The Morgan fingerprint density at radius 1 is 1.29 bits per heavy atom. The molecule has 0 atom stereocenters. The summed E-state index contributed by atoms with van der Waals surface area (Å²) in [6, 6.07) is 5.09. The van der Waals surface area contributed by atoms with E-state index in [0.29, 0.717) is 22.3 Å². The lowest BCUT2D eigenvalue weighted by molar-refractivity contribution is 0.234. The summed E-state index contributed by atoms with van der Waals surface area (Å²) in [5.41, 5.74) is 0. The number of alkyl halides is 2. The summed E-state index contributed by atoms with van der Waals surface area (Å²) < 4.78 is 48.7. The highest BCUT2D eigenvalue weighted by molar-refractivity contribution is 7.99. The molecule has 6 nitrogen and oxygen atoms in total. The molecular weight excluding hydrogens is 322 g/mol. The van der Waals surface area contributed by atoms with Crippen LogP contribution in [0.3, 0.4) is 0 Å². The molecule has 0 unspecified atom stereocenters. The largest absolute Gasteiger partial charge is 0.341 e. The maximum Gasteiger partial charge on any atom is 0.341 e. The van der Waals surface area contributed by atoms with E-state index < -0.39 is 20.5 Å². The molecule has 10 heteroatoms. The third-order valence-electron chi connectivity index (χ3n) is 2.65. The predicted molar refractivity (Wildman–Crippen MR) is 73.3 cm³/mol. The Kier molecular flexibility index (Phi) is 4.47. The summed E-state index contributed by atoms with van der Waals surface area (Å²) in [4.78, 5) is 0.190. The third kappa shape index (κ3) is 3.16. The molecule has 0 radical (unpaired) electrons. The molecule has 0 aliphatic rings. The van der Waals surface area contributed by atoms with Crippen LogP contribution in [-0.2, 0) is 16.3 Å². The highest BCUT2D eigenvalue weighted by atomic mass is 32.2. The molecule has 2 aromatic rings. The Bertz CT molecular complexity index is 729. The van der Waals surface area contributed by atoms with Gasteiger partial charge in [-0.1, -0.05) is 6.92 Å². The fraction of sp³-hybridized carbons (Fsp3) is 0.273. The van der Waals surface area contributed by atoms with Crippen molar-refractivity contribution in [2.45, 2.75) is 34.0 Å². The molecule has 21 heavy (non-hydrogen) atoms. The molecule has 0 bridgehead atoms. The Balaban J connectivity index is 2.22. The number of halogens is 2. The molecule has 0 saturated carbocycles. The van der Waals surface area contributed by atoms with E-state index in [4.69, 9.17) is 5.84 Å². The maximum absolute atomic E-state index is 12.4. The molecular formula is C11H12F2N4O2S2. The number of benzene rings is 1. The quantitative estimate of drug-likeness (QED) is 0.837. The van der Waals surface area contributed by atoms with Gasteiger partial charge in [-0.25, -0.2) is 13.1 Å². The number of nitrogens with zero attached hydrogens (tertiary/aromatic N) is 3. The van der Waals surface area contributed by atoms with Crippen molar-refractivity contribution in [1.82, 2.24) is 14.9 Å². The van der Waals surface area contributed by atoms with E-state index in [9.17, 15) is 17.2 Å². The maximum atomic E-state index is 12.4. The average molecular weight is 334 g/mol. The summed E-state index contributed by atoms with van der Waals surface area (Å²) in [5.74, 6) is 2.95. The van der Waals surface area contributed by atoms with E-state index in [2.05, 4.69) is 10.2 Å². The lowest BCUT2D eigenvalue weighted by Crippen LogP contribution is -2.13. The number of hydrogen-bond donors (Lipinski definition) is 1.